The number of aromatic nitrogens is 4. The van der Waals surface area contributed by atoms with Crippen LogP contribution in [0.1, 0.15) is 29.4 Å². The smallest absolute Gasteiger partial charge is 0.269 e. The molecule has 4 aromatic rings. The van der Waals surface area contributed by atoms with Crippen molar-refractivity contribution in [3.63, 3.8) is 0 Å². The van der Waals surface area contributed by atoms with Crippen LogP contribution in [0.25, 0.3) is 33.7 Å². The molecule has 4 N–H and O–H groups in total. The number of para-hydroxylation sites is 2. The number of nitrogens with two attached hydrogens (primary N) is 2. The summed E-state index contributed by atoms with van der Waals surface area (Å²) in [7, 11) is 2.10. The molecule has 158 valence electrons. The molecule has 9 heteroatoms. The highest BCUT2D eigenvalue weighted by Crippen LogP contribution is 2.33. The number of nitrogen functional groups attached to an aromatic ring is 1. The van der Waals surface area contributed by atoms with Crippen LogP contribution in [0.4, 0.5) is 5.82 Å². The van der Waals surface area contributed by atoms with Crippen LogP contribution in [0.3, 0.4) is 0 Å². The zero-order valence-electron chi connectivity index (χ0n) is 17.2. The Morgan fingerprint density at radius 1 is 1.19 bits per heavy atom. The minimum Gasteiger partial charge on any atom is -0.436 e. The largest absolute Gasteiger partial charge is 0.436 e. The molecule has 0 unspecified atom stereocenters. The van der Waals surface area contributed by atoms with Crippen LogP contribution in [0.15, 0.2) is 47.1 Å². The molecule has 4 heterocycles. The molecule has 3 aromatic heterocycles. The summed E-state index contributed by atoms with van der Waals surface area (Å²) < 4.78 is 7.72. The van der Waals surface area contributed by atoms with Gasteiger partial charge in [0, 0.05) is 23.5 Å². The molecule has 9 nitrogen and oxygen atoms in total. The SMILES string of the molecule is CN1CCC(n2cc(-c3cnc(N)c(-c4nc5ccccc5o4)c3)c(C(N)=O)n2)CC1. The Balaban J connectivity index is 1.57. The van der Waals surface area contributed by atoms with Gasteiger partial charge in [-0.2, -0.15) is 5.10 Å². The zero-order chi connectivity index (χ0) is 21.5. The molecular weight excluding hydrogens is 394 g/mol. The predicted octanol–water partition coefficient (Wildman–Crippen LogP) is 2.70. The van der Waals surface area contributed by atoms with Gasteiger partial charge in [-0.25, -0.2) is 9.97 Å². The van der Waals surface area contributed by atoms with E-state index in [4.69, 9.17) is 15.9 Å². The van der Waals surface area contributed by atoms with E-state index in [0.29, 0.717) is 34.0 Å². The van der Waals surface area contributed by atoms with Gasteiger partial charge in [0.2, 0.25) is 5.89 Å². The van der Waals surface area contributed by atoms with Crippen molar-refractivity contribution in [3.05, 3.63) is 48.4 Å². The Labute approximate surface area is 178 Å². The van der Waals surface area contributed by atoms with Crippen LogP contribution in [0.2, 0.25) is 0 Å². The number of primary amides is 1. The number of hydrogen-bond donors (Lipinski definition) is 2. The number of amides is 1. The molecule has 1 fully saturated rings. The molecule has 5 rings (SSSR count). The summed E-state index contributed by atoms with van der Waals surface area (Å²) in [5, 5.41) is 4.52. The van der Waals surface area contributed by atoms with Crippen molar-refractivity contribution in [1.29, 1.82) is 0 Å². The number of hydrogen-bond acceptors (Lipinski definition) is 7. The van der Waals surface area contributed by atoms with Crippen molar-refractivity contribution in [2.45, 2.75) is 18.9 Å². The van der Waals surface area contributed by atoms with Gasteiger partial charge in [0.15, 0.2) is 11.3 Å². The molecular formula is C22H23N7O2. The van der Waals surface area contributed by atoms with Gasteiger partial charge >= 0.3 is 0 Å². The molecule has 0 bridgehead atoms. The van der Waals surface area contributed by atoms with Crippen molar-refractivity contribution < 1.29 is 9.21 Å². The molecule has 0 radical (unpaired) electrons. The number of anilines is 1. The molecule has 1 aliphatic heterocycles. The third kappa shape index (κ3) is 3.53. The molecule has 0 aliphatic carbocycles. The minimum absolute atomic E-state index is 0.217. The summed E-state index contributed by atoms with van der Waals surface area (Å²) >= 11 is 0. The first kappa shape index (κ1) is 19.3. The fourth-order valence-corrected chi connectivity index (χ4v) is 4.01. The fourth-order valence-electron chi connectivity index (χ4n) is 4.01. The maximum absolute atomic E-state index is 12.1. The molecule has 1 amide bonds. The third-order valence-corrected chi connectivity index (χ3v) is 5.78. The zero-order valence-corrected chi connectivity index (χ0v) is 17.2. The van der Waals surface area contributed by atoms with E-state index in [-0.39, 0.29) is 11.7 Å². The molecule has 1 aromatic carbocycles. The second kappa shape index (κ2) is 7.51. The Morgan fingerprint density at radius 2 is 1.97 bits per heavy atom. The third-order valence-electron chi connectivity index (χ3n) is 5.78. The van der Waals surface area contributed by atoms with E-state index in [0.717, 1.165) is 31.4 Å². The van der Waals surface area contributed by atoms with Crippen LogP contribution in [-0.2, 0) is 0 Å². The molecule has 0 saturated carbocycles. The van der Waals surface area contributed by atoms with Crippen molar-refractivity contribution in [1.82, 2.24) is 24.6 Å². The summed E-state index contributed by atoms with van der Waals surface area (Å²) in [4.78, 5) is 23.3. The lowest BCUT2D eigenvalue weighted by Crippen LogP contribution is -2.31. The topological polar surface area (TPSA) is 129 Å². The van der Waals surface area contributed by atoms with E-state index in [1.807, 2.05) is 41.2 Å². The average molecular weight is 417 g/mol. The lowest BCUT2D eigenvalue weighted by atomic mass is 10.0. The van der Waals surface area contributed by atoms with Gasteiger partial charge < -0.3 is 20.8 Å². The van der Waals surface area contributed by atoms with Crippen LogP contribution in [-0.4, -0.2) is 50.7 Å². The highest BCUT2D eigenvalue weighted by molar-refractivity contribution is 5.98. The van der Waals surface area contributed by atoms with Gasteiger partial charge in [0.1, 0.15) is 11.3 Å². The van der Waals surface area contributed by atoms with Crippen molar-refractivity contribution in [2.24, 2.45) is 5.73 Å². The van der Waals surface area contributed by atoms with Crippen LogP contribution < -0.4 is 11.5 Å². The van der Waals surface area contributed by atoms with Gasteiger partial charge in [0.25, 0.3) is 5.91 Å². The number of nitrogens with zero attached hydrogens (tertiary/aromatic N) is 5. The van der Waals surface area contributed by atoms with Crippen molar-refractivity contribution >= 4 is 22.8 Å². The van der Waals surface area contributed by atoms with E-state index >= 15 is 0 Å². The maximum Gasteiger partial charge on any atom is 0.269 e. The minimum atomic E-state index is -0.582. The van der Waals surface area contributed by atoms with Crippen LogP contribution in [0, 0.1) is 0 Å². The van der Waals surface area contributed by atoms with Crippen molar-refractivity contribution in [2.75, 3.05) is 25.9 Å². The van der Waals surface area contributed by atoms with E-state index in [2.05, 4.69) is 27.0 Å². The van der Waals surface area contributed by atoms with E-state index in [1.165, 1.54) is 0 Å². The normalized spacial score (nSPS) is 15.5. The number of pyridine rings is 1. The number of carbonyl (C=O) groups excluding carboxylic acids is 1. The summed E-state index contributed by atoms with van der Waals surface area (Å²) in [6, 6.07) is 9.52. The van der Waals surface area contributed by atoms with E-state index in [1.54, 1.807) is 6.20 Å². The number of oxazole rings is 1. The van der Waals surface area contributed by atoms with Gasteiger partial charge in [-0.05, 0) is 51.2 Å². The molecule has 0 atom stereocenters. The standard InChI is InChI=1S/C22H23N7O2/c1-28-8-6-14(7-9-28)29-12-16(19(27-29)21(24)30)13-10-15(20(23)25-11-13)22-26-17-4-2-3-5-18(17)31-22/h2-5,10-12,14H,6-9H2,1H3,(H2,23,25)(H2,24,30). The molecule has 1 aliphatic rings. The maximum atomic E-state index is 12.1. The van der Waals surface area contributed by atoms with E-state index < -0.39 is 5.91 Å². The quantitative estimate of drug-likeness (QED) is 0.522. The molecule has 31 heavy (non-hydrogen) atoms. The van der Waals surface area contributed by atoms with Gasteiger partial charge in [-0.15, -0.1) is 0 Å². The van der Waals surface area contributed by atoms with E-state index in [9.17, 15) is 4.79 Å². The average Bonchev–Trinajstić information content (AvgIpc) is 3.39. The lowest BCUT2D eigenvalue weighted by Gasteiger charge is -2.28. The second-order valence-electron chi connectivity index (χ2n) is 7.91. The number of likely N-dealkylation sites (tertiary alicyclic amines) is 1. The number of rotatable bonds is 4. The fraction of sp³-hybridized carbons (Fsp3) is 0.273. The second-order valence-corrected chi connectivity index (χ2v) is 7.91. The number of piperidine rings is 1. The molecule has 1 saturated heterocycles. The van der Waals surface area contributed by atoms with Gasteiger partial charge in [0.05, 0.1) is 11.6 Å². The Bertz CT molecular complexity index is 1240. The number of benzene rings is 1. The van der Waals surface area contributed by atoms with Crippen molar-refractivity contribution in [3.8, 4) is 22.6 Å². The monoisotopic (exact) mass is 417 g/mol. The summed E-state index contributed by atoms with van der Waals surface area (Å²) in [5.41, 5.74) is 15.2. The Kier molecular flexibility index (Phi) is 4.67. The summed E-state index contributed by atoms with van der Waals surface area (Å²) in [6.07, 6.45) is 5.41. The molecule has 0 spiro atoms. The first-order valence-corrected chi connectivity index (χ1v) is 10.2. The number of carbonyl (C=O) groups is 1. The lowest BCUT2D eigenvalue weighted by molar-refractivity contribution is 0.0994. The Hall–Kier alpha value is -3.72. The predicted molar refractivity (Wildman–Crippen MR) is 117 cm³/mol. The van der Waals surface area contributed by atoms with Gasteiger partial charge in [-0.1, -0.05) is 12.1 Å². The van der Waals surface area contributed by atoms with Gasteiger partial charge in [-0.3, -0.25) is 9.48 Å². The first-order valence-electron chi connectivity index (χ1n) is 10.2. The summed E-state index contributed by atoms with van der Waals surface area (Å²) in [6.45, 7) is 1.97. The Morgan fingerprint density at radius 3 is 2.71 bits per heavy atom. The van der Waals surface area contributed by atoms with Crippen LogP contribution in [0.5, 0.6) is 0 Å². The number of fused-ring (bicyclic) bond motifs is 1. The summed E-state index contributed by atoms with van der Waals surface area (Å²) in [5.74, 6) is 0.0805. The van der Waals surface area contributed by atoms with Crippen LogP contribution >= 0.6 is 0 Å². The highest BCUT2D eigenvalue weighted by Gasteiger charge is 2.24. The first-order chi connectivity index (χ1) is 15.0. The highest BCUT2D eigenvalue weighted by atomic mass is 16.3.